The molecule has 0 aromatic heterocycles. The first-order valence-corrected chi connectivity index (χ1v) is 5.57. The minimum atomic E-state index is -0.335. The van der Waals surface area contributed by atoms with Gasteiger partial charge in [0.15, 0.2) is 0 Å². The van der Waals surface area contributed by atoms with Crippen LogP contribution >= 0.6 is 0 Å². The summed E-state index contributed by atoms with van der Waals surface area (Å²) in [5, 5.41) is 0. The Labute approximate surface area is 89.3 Å². The van der Waals surface area contributed by atoms with Gasteiger partial charge in [0.2, 0.25) is 0 Å². The largest absolute Gasteiger partial charge is 0.207 e. The fourth-order valence-corrected chi connectivity index (χ4v) is 2.56. The van der Waals surface area contributed by atoms with E-state index in [2.05, 4.69) is 0 Å². The summed E-state index contributed by atoms with van der Waals surface area (Å²) in [4.78, 5) is 0. The first-order valence-electron chi connectivity index (χ1n) is 5.57. The van der Waals surface area contributed by atoms with Crippen LogP contribution in [0.3, 0.4) is 0 Å². The maximum absolute atomic E-state index is 13.6. The topological polar surface area (TPSA) is 0 Å². The third-order valence-corrected chi connectivity index (χ3v) is 3.54. The molecule has 0 bridgehead atoms. The number of benzene rings is 1. The van der Waals surface area contributed by atoms with Crippen LogP contribution in [0.4, 0.5) is 8.78 Å². The molecule has 1 aromatic rings. The highest BCUT2D eigenvalue weighted by atomic mass is 19.1. The predicted octanol–water partition coefficient (Wildman–Crippen LogP) is 4.19. The number of hydrogen-bond donors (Lipinski definition) is 0. The highest BCUT2D eigenvalue weighted by Gasteiger charge is 2.31. The summed E-state index contributed by atoms with van der Waals surface area (Å²) in [6, 6.07) is 3.79. The van der Waals surface area contributed by atoms with Crippen molar-refractivity contribution in [1.82, 2.24) is 0 Å². The highest BCUT2D eigenvalue weighted by molar-refractivity contribution is 5.27. The molecule has 0 amide bonds. The van der Waals surface area contributed by atoms with E-state index in [1.165, 1.54) is 24.6 Å². The van der Waals surface area contributed by atoms with E-state index in [-0.39, 0.29) is 17.0 Å². The molecule has 0 nitrogen and oxygen atoms in total. The second-order valence-corrected chi connectivity index (χ2v) is 4.75. The van der Waals surface area contributed by atoms with Crippen molar-refractivity contribution in [1.29, 1.82) is 0 Å². The summed E-state index contributed by atoms with van der Waals surface area (Å²) < 4.78 is 26.7. The average molecular weight is 210 g/mol. The third-order valence-electron chi connectivity index (χ3n) is 3.54. The molecule has 1 aliphatic rings. The molecule has 0 heterocycles. The lowest BCUT2D eigenvalue weighted by atomic mass is 9.71. The van der Waals surface area contributed by atoms with Crippen molar-refractivity contribution in [3.8, 4) is 0 Å². The van der Waals surface area contributed by atoms with Crippen LogP contribution in [-0.2, 0) is 5.41 Å². The molecule has 2 heteroatoms. The number of rotatable bonds is 1. The van der Waals surface area contributed by atoms with Crippen molar-refractivity contribution in [2.24, 2.45) is 0 Å². The fourth-order valence-electron chi connectivity index (χ4n) is 2.56. The van der Waals surface area contributed by atoms with Crippen molar-refractivity contribution in [2.75, 3.05) is 0 Å². The van der Waals surface area contributed by atoms with Gasteiger partial charge in [-0.05, 0) is 42.0 Å². The Kier molecular flexibility index (Phi) is 2.76. The molecular formula is C13H16F2. The standard InChI is InChI=1S/C13H16F2/c1-13(7-3-2-4-8-13)11-9-10(14)5-6-12(11)15/h5-6,9H,2-4,7-8H2,1H3. The van der Waals surface area contributed by atoms with E-state index in [0.29, 0.717) is 5.56 Å². The third kappa shape index (κ3) is 2.04. The van der Waals surface area contributed by atoms with Crippen LogP contribution < -0.4 is 0 Å². The van der Waals surface area contributed by atoms with Gasteiger partial charge in [-0.1, -0.05) is 26.2 Å². The van der Waals surface area contributed by atoms with Gasteiger partial charge in [-0.25, -0.2) is 8.78 Å². The van der Waals surface area contributed by atoms with Gasteiger partial charge < -0.3 is 0 Å². The molecule has 1 aliphatic carbocycles. The Balaban J connectivity index is 2.38. The Morgan fingerprint density at radius 2 is 1.73 bits per heavy atom. The highest BCUT2D eigenvalue weighted by Crippen LogP contribution is 2.40. The summed E-state index contributed by atoms with van der Waals surface area (Å²) in [6.45, 7) is 2.05. The summed E-state index contributed by atoms with van der Waals surface area (Å²) in [7, 11) is 0. The van der Waals surface area contributed by atoms with Crippen molar-refractivity contribution in [2.45, 2.75) is 44.4 Å². The molecule has 0 spiro atoms. The van der Waals surface area contributed by atoms with E-state index in [4.69, 9.17) is 0 Å². The molecule has 0 aliphatic heterocycles. The quantitative estimate of drug-likeness (QED) is 0.652. The van der Waals surface area contributed by atoms with Gasteiger partial charge in [0.05, 0.1) is 0 Å². The zero-order valence-corrected chi connectivity index (χ0v) is 9.02. The molecule has 1 fully saturated rings. The van der Waals surface area contributed by atoms with Crippen LogP contribution in [0.2, 0.25) is 0 Å². The van der Waals surface area contributed by atoms with Gasteiger partial charge in [-0.15, -0.1) is 0 Å². The van der Waals surface area contributed by atoms with Gasteiger partial charge in [-0.2, -0.15) is 0 Å². The zero-order chi connectivity index (χ0) is 10.9. The molecular weight excluding hydrogens is 194 g/mol. The van der Waals surface area contributed by atoms with Gasteiger partial charge >= 0.3 is 0 Å². The lowest BCUT2D eigenvalue weighted by Crippen LogP contribution is -2.26. The maximum Gasteiger partial charge on any atom is 0.127 e. The molecule has 82 valence electrons. The summed E-state index contributed by atoms with van der Waals surface area (Å²) in [5.74, 6) is -0.598. The molecule has 0 N–H and O–H groups in total. The summed E-state index contributed by atoms with van der Waals surface area (Å²) in [6.07, 6.45) is 5.38. The average Bonchev–Trinajstić information content (AvgIpc) is 2.23. The van der Waals surface area contributed by atoms with E-state index in [0.717, 1.165) is 25.7 Å². The zero-order valence-electron chi connectivity index (χ0n) is 9.02. The summed E-state index contributed by atoms with van der Waals surface area (Å²) in [5.41, 5.74) is 0.395. The molecule has 15 heavy (non-hydrogen) atoms. The monoisotopic (exact) mass is 210 g/mol. The smallest absolute Gasteiger partial charge is 0.127 e. The van der Waals surface area contributed by atoms with E-state index < -0.39 is 0 Å². The Morgan fingerprint density at radius 3 is 2.40 bits per heavy atom. The van der Waals surface area contributed by atoms with Crippen molar-refractivity contribution in [3.63, 3.8) is 0 Å². The Hall–Kier alpha value is -0.920. The minimum Gasteiger partial charge on any atom is -0.207 e. The SMILES string of the molecule is CC1(c2cc(F)ccc2F)CCCCC1. The molecule has 2 rings (SSSR count). The number of halogens is 2. The minimum absolute atomic E-state index is 0.162. The summed E-state index contributed by atoms with van der Waals surface area (Å²) >= 11 is 0. The molecule has 1 aromatic carbocycles. The molecule has 0 unspecified atom stereocenters. The Bertz CT molecular complexity index is 352. The van der Waals surface area contributed by atoms with Crippen LogP contribution in [0, 0.1) is 11.6 Å². The van der Waals surface area contributed by atoms with Crippen LogP contribution in [0.1, 0.15) is 44.6 Å². The Morgan fingerprint density at radius 1 is 1.07 bits per heavy atom. The number of hydrogen-bond acceptors (Lipinski definition) is 0. The van der Waals surface area contributed by atoms with Gasteiger partial charge in [0.25, 0.3) is 0 Å². The van der Waals surface area contributed by atoms with E-state index in [1.54, 1.807) is 0 Å². The van der Waals surface area contributed by atoms with Crippen molar-refractivity contribution in [3.05, 3.63) is 35.4 Å². The lowest BCUT2D eigenvalue weighted by Gasteiger charge is -2.34. The normalized spacial score (nSPS) is 20.2. The van der Waals surface area contributed by atoms with Crippen LogP contribution in [0.15, 0.2) is 18.2 Å². The van der Waals surface area contributed by atoms with E-state index in [1.807, 2.05) is 6.92 Å². The van der Waals surface area contributed by atoms with Crippen LogP contribution in [-0.4, -0.2) is 0 Å². The van der Waals surface area contributed by atoms with E-state index >= 15 is 0 Å². The second kappa shape index (κ2) is 3.92. The first-order chi connectivity index (χ1) is 7.12. The van der Waals surface area contributed by atoms with Gasteiger partial charge in [-0.3, -0.25) is 0 Å². The van der Waals surface area contributed by atoms with Crippen LogP contribution in [0.25, 0.3) is 0 Å². The predicted molar refractivity (Wildman–Crippen MR) is 56.8 cm³/mol. The fraction of sp³-hybridized carbons (Fsp3) is 0.538. The maximum atomic E-state index is 13.6. The van der Waals surface area contributed by atoms with Crippen molar-refractivity contribution >= 4 is 0 Å². The van der Waals surface area contributed by atoms with Crippen molar-refractivity contribution < 1.29 is 8.78 Å². The first kappa shape index (κ1) is 10.6. The second-order valence-electron chi connectivity index (χ2n) is 4.75. The molecule has 0 atom stereocenters. The van der Waals surface area contributed by atoms with Gasteiger partial charge in [0, 0.05) is 0 Å². The molecule has 1 saturated carbocycles. The lowest BCUT2D eigenvalue weighted by molar-refractivity contribution is 0.308. The van der Waals surface area contributed by atoms with Gasteiger partial charge in [0.1, 0.15) is 11.6 Å². The molecule has 0 saturated heterocycles. The van der Waals surface area contributed by atoms with Crippen LogP contribution in [0.5, 0.6) is 0 Å². The van der Waals surface area contributed by atoms with E-state index in [9.17, 15) is 8.78 Å². The molecule has 0 radical (unpaired) electrons.